The maximum Gasteiger partial charge on any atom is 0.197 e. The molecule has 1 saturated heterocycles. The van der Waals surface area contributed by atoms with E-state index in [0.717, 1.165) is 37.6 Å². The Labute approximate surface area is 96.3 Å². The molecule has 0 radical (unpaired) electrons. The van der Waals surface area contributed by atoms with Crippen molar-refractivity contribution in [3.05, 3.63) is 17.8 Å². The van der Waals surface area contributed by atoms with E-state index < -0.39 is 0 Å². The Kier molecular flexibility index (Phi) is 3.61. The quantitative estimate of drug-likeness (QED) is 0.843. The predicted molar refractivity (Wildman–Crippen MR) is 61.4 cm³/mol. The number of aliphatic hydroxyl groups is 1. The number of piperidine rings is 1. The Morgan fingerprint density at radius 3 is 2.88 bits per heavy atom. The smallest absolute Gasteiger partial charge is 0.197 e. The number of likely N-dealkylation sites (tertiary alicyclic amines) is 1. The van der Waals surface area contributed by atoms with Crippen LogP contribution in [-0.4, -0.2) is 41.2 Å². The van der Waals surface area contributed by atoms with Crippen LogP contribution in [0.2, 0.25) is 0 Å². The van der Waals surface area contributed by atoms with Crippen LogP contribution in [0, 0.1) is 0 Å². The molecule has 1 aliphatic rings. The average molecular weight is 224 g/mol. The molecule has 1 fully saturated rings. The van der Waals surface area contributed by atoms with Crippen molar-refractivity contribution in [3.8, 4) is 0 Å². The average Bonchev–Trinajstić information content (AvgIpc) is 2.66. The van der Waals surface area contributed by atoms with Crippen LogP contribution in [0.1, 0.15) is 37.3 Å². The molecule has 0 aliphatic carbocycles. The minimum absolute atomic E-state index is 0.363. The summed E-state index contributed by atoms with van der Waals surface area (Å²) in [4.78, 5) is 6.65. The summed E-state index contributed by atoms with van der Waals surface area (Å²) in [5.74, 6) is 2.10. The number of hydrogen-bond acceptors (Lipinski definition) is 4. The molecule has 0 spiro atoms. The first-order valence-corrected chi connectivity index (χ1v) is 5.96. The van der Waals surface area contributed by atoms with E-state index in [1.54, 1.807) is 13.1 Å². The molecule has 0 amide bonds. The van der Waals surface area contributed by atoms with Crippen LogP contribution >= 0.6 is 0 Å². The number of aliphatic hydroxyl groups excluding tert-OH is 1. The van der Waals surface area contributed by atoms with Crippen LogP contribution in [0.4, 0.5) is 0 Å². The van der Waals surface area contributed by atoms with Gasteiger partial charge in [0.2, 0.25) is 0 Å². The van der Waals surface area contributed by atoms with Crippen molar-refractivity contribution < 1.29 is 9.52 Å². The van der Waals surface area contributed by atoms with Crippen molar-refractivity contribution in [1.29, 1.82) is 0 Å². The van der Waals surface area contributed by atoms with E-state index in [1.165, 1.54) is 0 Å². The normalized spacial score (nSPS) is 21.2. The lowest BCUT2D eigenvalue weighted by molar-refractivity contribution is 0.184. The second-order valence-electron chi connectivity index (χ2n) is 4.80. The van der Waals surface area contributed by atoms with Gasteiger partial charge in [-0.2, -0.15) is 0 Å². The molecule has 1 N–H and O–H groups in total. The molecule has 0 saturated carbocycles. The molecule has 1 aromatic rings. The molecule has 4 heteroatoms. The highest BCUT2D eigenvalue weighted by atomic mass is 16.4. The van der Waals surface area contributed by atoms with Gasteiger partial charge in [0.25, 0.3) is 0 Å². The van der Waals surface area contributed by atoms with Crippen molar-refractivity contribution in [1.82, 2.24) is 9.88 Å². The van der Waals surface area contributed by atoms with E-state index in [1.807, 2.05) is 0 Å². The van der Waals surface area contributed by atoms with Gasteiger partial charge in [0, 0.05) is 12.3 Å². The van der Waals surface area contributed by atoms with Gasteiger partial charge in [0.1, 0.15) is 5.76 Å². The molecule has 2 rings (SSSR count). The van der Waals surface area contributed by atoms with Gasteiger partial charge in [-0.15, -0.1) is 0 Å². The predicted octanol–water partition coefficient (Wildman–Crippen LogP) is 1.41. The van der Waals surface area contributed by atoms with E-state index in [0.29, 0.717) is 12.3 Å². The Bertz CT molecular complexity index is 328. The number of aromatic nitrogens is 1. The lowest BCUT2D eigenvalue weighted by Gasteiger charge is -2.26. The Morgan fingerprint density at radius 1 is 1.56 bits per heavy atom. The third kappa shape index (κ3) is 2.83. The molecule has 1 aromatic heterocycles. The highest BCUT2D eigenvalue weighted by Gasteiger charge is 2.22. The lowest BCUT2D eigenvalue weighted by Crippen LogP contribution is -2.29. The fourth-order valence-electron chi connectivity index (χ4n) is 2.15. The maximum absolute atomic E-state index is 9.27. The van der Waals surface area contributed by atoms with Gasteiger partial charge in [0.15, 0.2) is 5.89 Å². The van der Waals surface area contributed by atoms with Crippen LogP contribution in [0.3, 0.4) is 0 Å². The molecular weight excluding hydrogens is 204 g/mol. The van der Waals surface area contributed by atoms with E-state index in [9.17, 15) is 5.11 Å². The van der Waals surface area contributed by atoms with Gasteiger partial charge in [-0.3, -0.25) is 0 Å². The molecule has 0 bridgehead atoms. The summed E-state index contributed by atoms with van der Waals surface area (Å²) in [6.07, 6.45) is 4.18. The van der Waals surface area contributed by atoms with Gasteiger partial charge in [0.05, 0.1) is 12.3 Å². The SMILES string of the molecule is CC(O)Cc1cnc(C2CCN(C)CC2)o1. The van der Waals surface area contributed by atoms with Crippen molar-refractivity contribution in [2.75, 3.05) is 20.1 Å². The van der Waals surface area contributed by atoms with Crippen molar-refractivity contribution in [2.24, 2.45) is 0 Å². The van der Waals surface area contributed by atoms with Gasteiger partial charge < -0.3 is 14.4 Å². The largest absolute Gasteiger partial charge is 0.445 e. The minimum Gasteiger partial charge on any atom is -0.445 e. The van der Waals surface area contributed by atoms with E-state index in [-0.39, 0.29) is 6.10 Å². The lowest BCUT2D eigenvalue weighted by atomic mass is 9.97. The molecule has 1 aliphatic heterocycles. The maximum atomic E-state index is 9.27. The molecule has 4 nitrogen and oxygen atoms in total. The molecular formula is C12H20N2O2. The highest BCUT2D eigenvalue weighted by Crippen LogP contribution is 2.27. The van der Waals surface area contributed by atoms with E-state index in [2.05, 4.69) is 16.9 Å². The number of hydrogen-bond donors (Lipinski definition) is 1. The van der Waals surface area contributed by atoms with Crippen LogP contribution in [0.5, 0.6) is 0 Å². The molecule has 0 aromatic carbocycles. The van der Waals surface area contributed by atoms with Gasteiger partial charge in [-0.1, -0.05) is 0 Å². The minimum atomic E-state index is -0.363. The van der Waals surface area contributed by atoms with Crippen LogP contribution < -0.4 is 0 Å². The highest BCUT2D eigenvalue weighted by molar-refractivity contribution is 5.01. The molecule has 2 heterocycles. The van der Waals surface area contributed by atoms with Gasteiger partial charge in [-0.05, 0) is 39.9 Å². The third-order valence-electron chi connectivity index (χ3n) is 3.14. The van der Waals surface area contributed by atoms with E-state index in [4.69, 9.17) is 4.42 Å². The first-order valence-electron chi connectivity index (χ1n) is 5.96. The Hall–Kier alpha value is -0.870. The molecule has 16 heavy (non-hydrogen) atoms. The van der Waals surface area contributed by atoms with Crippen LogP contribution in [-0.2, 0) is 6.42 Å². The number of oxazole rings is 1. The Morgan fingerprint density at radius 2 is 2.25 bits per heavy atom. The summed E-state index contributed by atoms with van der Waals surface area (Å²) < 4.78 is 5.68. The first-order chi connectivity index (χ1) is 7.65. The number of nitrogens with zero attached hydrogens (tertiary/aromatic N) is 2. The molecule has 1 atom stereocenters. The van der Waals surface area contributed by atoms with Crippen molar-refractivity contribution in [3.63, 3.8) is 0 Å². The summed E-state index contributed by atoms with van der Waals surface area (Å²) >= 11 is 0. The first kappa shape index (κ1) is 11.6. The van der Waals surface area contributed by atoms with Crippen molar-refractivity contribution in [2.45, 2.75) is 38.2 Å². The molecule has 1 unspecified atom stereocenters. The number of rotatable bonds is 3. The van der Waals surface area contributed by atoms with Crippen molar-refractivity contribution >= 4 is 0 Å². The second-order valence-corrected chi connectivity index (χ2v) is 4.80. The summed E-state index contributed by atoms with van der Waals surface area (Å²) in [5, 5.41) is 9.27. The Balaban J connectivity index is 1.96. The summed E-state index contributed by atoms with van der Waals surface area (Å²) in [5.41, 5.74) is 0. The van der Waals surface area contributed by atoms with E-state index >= 15 is 0 Å². The monoisotopic (exact) mass is 224 g/mol. The third-order valence-corrected chi connectivity index (χ3v) is 3.14. The topological polar surface area (TPSA) is 49.5 Å². The molecule has 90 valence electrons. The zero-order valence-corrected chi connectivity index (χ0v) is 10.0. The second kappa shape index (κ2) is 4.97. The van der Waals surface area contributed by atoms with Gasteiger partial charge in [-0.25, -0.2) is 4.98 Å². The zero-order valence-electron chi connectivity index (χ0n) is 10.0. The summed E-state index contributed by atoms with van der Waals surface area (Å²) in [6, 6.07) is 0. The van der Waals surface area contributed by atoms with Gasteiger partial charge >= 0.3 is 0 Å². The fourth-order valence-corrected chi connectivity index (χ4v) is 2.15. The standard InChI is InChI=1S/C12H20N2O2/c1-9(15)7-11-8-13-12(16-11)10-3-5-14(2)6-4-10/h8-10,15H,3-7H2,1-2H3. The van der Waals surface area contributed by atoms with Crippen LogP contribution in [0.15, 0.2) is 10.6 Å². The zero-order chi connectivity index (χ0) is 11.5. The van der Waals surface area contributed by atoms with Crippen LogP contribution in [0.25, 0.3) is 0 Å². The fraction of sp³-hybridized carbons (Fsp3) is 0.750. The summed E-state index contributed by atoms with van der Waals surface area (Å²) in [7, 11) is 2.14. The summed E-state index contributed by atoms with van der Waals surface area (Å²) in [6.45, 7) is 3.98.